The maximum absolute atomic E-state index is 10.8. The number of carbonyl (C=O) groups is 1. The molecule has 0 aromatic heterocycles. The van der Waals surface area contributed by atoms with Gasteiger partial charge in [0.25, 0.3) is 0 Å². The first-order chi connectivity index (χ1) is 8.56. The van der Waals surface area contributed by atoms with Gasteiger partial charge in [-0.25, -0.2) is 0 Å². The van der Waals surface area contributed by atoms with Gasteiger partial charge in [0, 0.05) is 31.2 Å². The van der Waals surface area contributed by atoms with Crippen LogP contribution in [0.1, 0.15) is 0 Å². The quantitative estimate of drug-likeness (QED) is 0.784. The second-order valence-corrected chi connectivity index (χ2v) is 4.87. The average molecular weight is 269 g/mol. The van der Waals surface area contributed by atoms with Crippen LogP contribution >= 0.6 is 11.6 Å². The lowest BCUT2D eigenvalue weighted by Crippen LogP contribution is -2.49. The third-order valence-electron chi connectivity index (χ3n) is 3.08. The van der Waals surface area contributed by atoms with Crippen molar-refractivity contribution in [3.8, 4) is 0 Å². The van der Waals surface area contributed by atoms with Crippen LogP contribution in [0.5, 0.6) is 0 Å². The molecule has 1 aliphatic heterocycles. The van der Waals surface area contributed by atoms with Crippen LogP contribution in [0.4, 0.5) is 11.4 Å². The number of nitrogens with zero attached hydrogens (tertiary/aromatic N) is 2. The summed E-state index contributed by atoms with van der Waals surface area (Å²) in [6, 6.07) is 5.52. The van der Waals surface area contributed by atoms with Gasteiger partial charge in [0.15, 0.2) is 0 Å². The Morgan fingerprint density at radius 3 is 2.50 bits per heavy atom. The summed E-state index contributed by atoms with van der Waals surface area (Å²) in [5.41, 5.74) is 12.8. The predicted molar refractivity (Wildman–Crippen MR) is 73.7 cm³/mol. The second-order valence-electron chi connectivity index (χ2n) is 4.43. The van der Waals surface area contributed by atoms with Crippen LogP contribution in [0, 0.1) is 0 Å². The fourth-order valence-electron chi connectivity index (χ4n) is 2.18. The van der Waals surface area contributed by atoms with E-state index in [-0.39, 0.29) is 5.91 Å². The summed E-state index contributed by atoms with van der Waals surface area (Å²) in [5, 5.41) is 0.642. The van der Waals surface area contributed by atoms with Gasteiger partial charge in [0.2, 0.25) is 5.91 Å². The summed E-state index contributed by atoms with van der Waals surface area (Å²) in [6.45, 7) is 3.61. The molecule has 6 heteroatoms. The average Bonchev–Trinajstić information content (AvgIpc) is 2.30. The highest BCUT2D eigenvalue weighted by atomic mass is 35.5. The van der Waals surface area contributed by atoms with Gasteiger partial charge in [0.1, 0.15) is 0 Å². The summed E-state index contributed by atoms with van der Waals surface area (Å²) in [7, 11) is 0. The summed E-state index contributed by atoms with van der Waals surface area (Å²) >= 11 is 5.88. The normalized spacial score (nSPS) is 16.8. The molecule has 5 nitrogen and oxygen atoms in total. The zero-order valence-electron chi connectivity index (χ0n) is 10.1. The number of primary amides is 1. The Bertz CT molecular complexity index is 444. The van der Waals surface area contributed by atoms with Gasteiger partial charge in [-0.1, -0.05) is 11.6 Å². The molecule has 0 atom stereocenters. The van der Waals surface area contributed by atoms with Crippen molar-refractivity contribution in [3.63, 3.8) is 0 Å². The summed E-state index contributed by atoms with van der Waals surface area (Å²) in [4.78, 5) is 15.1. The second kappa shape index (κ2) is 5.46. The fourth-order valence-corrected chi connectivity index (χ4v) is 2.36. The Morgan fingerprint density at radius 1 is 1.28 bits per heavy atom. The largest absolute Gasteiger partial charge is 0.397 e. The molecule has 18 heavy (non-hydrogen) atoms. The van der Waals surface area contributed by atoms with Crippen molar-refractivity contribution >= 4 is 28.9 Å². The Morgan fingerprint density at radius 2 is 1.94 bits per heavy atom. The van der Waals surface area contributed by atoms with Crippen LogP contribution in [0.15, 0.2) is 18.2 Å². The number of hydrogen-bond donors (Lipinski definition) is 2. The molecule has 0 bridgehead atoms. The van der Waals surface area contributed by atoms with Crippen LogP contribution in [0.25, 0.3) is 0 Å². The first kappa shape index (κ1) is 13.0. The van der Waals surface area contributed by atoms with Gasteiger partial charge >= 0.3 is 0 Å². The van der Waals surface area contributed by atoms with Crippen molar-refractivity contribution in [2.24, 2.45) is 5.73 Å². The number of nitrogen functional groups attached to an aromatic ring is 1. The minimum Gasteiger partial charge on any atom is -0.397 e. The molecular weight excluding hydrogens is 252 g/mol. The van der Waals surface area contributed by atoms with Gasteiger partial charge < -0.3 is 16.4 Å². The first-order valence-corrected chi connectivity index (χ1v) is 6.24. The highest BCUT2D eigenvalue weighted by Crippen LogP contribution is 2.27. The molecule has 0 saturated carbocycles. The number of hydrogen-bond acceptors (Lipinski definition) is 4. The first-order valence-electron chi connectivity index (χ1n) is 5.87. The van der Waals surface area contributed by atoms with E-state index >= 15 is 0 Å². The van der Waals surface area contributed by atoms with Gasteiger partial charge in [-0.15, -0.1) is 0 Å². The van der Waals surface area contributed by atoms with E-state index in [0.29, 0.717) is 17.3 Å². The molecule has 2 rings (SSSR count). The topological polar surface area (TPSA) is 75.6 Å². The minimum atomic E-state index is -0.283. The highest BCUT2D eigenvalue weighted by Gasteiger charge is 2.19. The monoisotopic (exact) mass is 268 g/mol. The van der Waals surface area contributed by atoms with Crippen LogP contribution in [-0.2, 0) is 4.79 Å². The number of benzene rings is 1. The molecular formula is C12H17ClN4O. The lowest BCUT2D eigenvalue weighted by molar-refractivity contribution is -0.119. The molecule has 1 saturated heterocycles. The zero-order valence-corrected chi connectivity index (χ0v) is 10.9. The Kier molecular flexibility index (Phi) is 3.93. The van der Waals surface area contributed by atoms with Gasteiger partial charge in [0.05, 0.1) is 17.9 Å². The van der Waals surface area contributed by atoms with Crippen molar-refractivity contribution in [1.29, 1.82) is 0 Å². The Balaban J connectivity index is 1.99. The lowest BCUT2D eigenvalue weighted by atomic mass is 10.2. The van der Waals surface area contributed by atoms with Crippen LogP contribution in [-0.4, -0.2) is 43.5 Å². The standard InChI is InChI=1S/C12H17ClN4O/c13-9-1-2-11(10(14)7-9)17-5-3-16(4-6-17)8-12(15)18/h1-2,7H,3-6,8,14H2,(H2,15,18). The lowest BCUT2D eigenvalue weighted by Gasteiger charge is -2.36. The maximum atomic E-state index is 10.8. The van der Waals surface area contributed by atoms with Crippen LogP contribution < -0.4 is 16.4 Å². The van der Waals surface area contributed by atoms with E-state index in [1.165, 1.54) is 0 Å². The third kappa shape index (κ3) is 3.05. The van der Waals surface area contributed by atoms with Crippen molar-refractivity contribution in [3.05, 3.63) is 23.2 Å². The Labute approximate surface area is 111 Å². The number of nitrogens with two attached hydrogens (primary N) is 2. The molecule has 0 radical (unpaired) electrons. The molecule has 0 aliphatic carbocycles. The molecule has 1 amide bonds. The number of carbonyl (C=O) groups excluding carboxylic acids is 1. The van der Waals surface area contributed by atoms with Gasteiger partial charge in [-0.3, -0.25) is 9.69 Å². The summed E-state index contributed by atoms with van der Waals surface area (Å²) in [5.74, 6) is -0.283. The van der Waals surface area contributed by atoms with E-state index in [1.54, 1.807) is 6.07 Å². The Hall–Kier alpha value is -1.46. The van der Waals surface area contributed by atoms with Crippen molar-refractivity contribution in [2.75, 3.05) is 43.4 Å². The third-order valence-corrected chi connectivity index (χ3v) is 3.32. The predicted octanol–water partition coefficient (Wildman–Crippen LogP) is 0.530. The number of rotatable bonds is 3. The molecule has 1 heterocycles. The zero-order chi connectivity index (χ0) is 13.1. The molecule has 1 aromatic carbocycles. The van der Waals surface area contributed by atoms with Crippen LogP contribution in [0.3, 0.4) is 0 Å². The molecule has 0 spiro atoms. The molecule has 0 unspecified atom stereocenters. The smallest absolute Gasteiger partial charge is 0.231 e. The van der Waals surface area contributed by atoms with Crippen molar-refractivity contribution in [1.82, 2.24) is 4.90 Å². The molecule has 1 aliphatic rings. The van der Waals surface area contributed by atoms with Crippen molar-refractivity contribution < 1.29 is 4.79 Å². The maximum Gasteiger partial charge on any atom is 0.231 e. The van der Waals surface area contributed by atoms with E-state index in [9.17, 15) is 4.79 Å². The van der Waals surface area contributed by atoms with Gasteiger partial charge in [-0.2, -0.15) is 0 Å². The van der Waals surface area contributed by atoms with Gasteiger partial charge in [-0.05, 0) is 18.2 Å². The van der Waals surface area contributed by atoms with E-state index in [2.05, 4.69) is 4.90 Å². The molecule has 98 valence electrons. The molecule has 4 N–H and O–H groups in total. The SMILES string of the molecule is NC(=O)CN1CCN(c2ccc(Cl)cc2N)CC1. The number of halogens is 1. The highest BCUT2D eigenvalue weighted by molar-refractivity contribution is 6.31. The number of anilines is 2. The minimum absolute atomic E-state index is 0.283. The van der Waals surface area contributed by atoms with E-state index in [1.807, 2.05) is 17.0 Å². The molecule has 1 fully saturated rings. The number of amides is 1. The van der Waals surface area contributed by atoms with Crippen LogP contribution in [0.2, 0.25) is 5.02 Å². The summed E-state index contributed by atoms with van der Waals surface area (Å²) in [6.07, 6.45) is 0. The fraction of sp³-hybridized carbons (Fsp3) is 0.417. The van der Waals surface area contributed by atoms with E-state index < -0.39 is 0 Å². The molecule has 1 aromatic rings. The van der Waals surface area contributed by atoms with Crippen molar-refractivity contribution in [2.45, 2.75) is 0 Å². The van der Waals surface area contributed by atoms with E-state index in [0.717, 1.165) is 31.9 Å². The summed E-state index contributed by atoms with van der Waals surface area (Å²) < 4.78 is 0. The number of piperazine rings is 1. The van der Waals surface area contributed by atoms with E-state index in [4.69, 9.17) is 23.1 Å².